The van der Waals surface area contributed by atoms with Gasteiger partial charge in [0.15, 0.2) is 0 Å². The maximum atomic E-state index is 13.4. The topological polar surface area (TPSA) is 56.3 Å². The number of carbonyl (C=O) groups excluding carboxylic acids is 2. The van der Waals surface area contributed by atoms with E-state index in [1.807, 2.05) is 30.0 Å². The molecule has 0 aliphatic carbocycles. The molecule has 158 valence electrons. The summed E-state index contributed by atoms with van der Waals surface area (Å²) in [5.74, 6) is 0.590. The standard InChI is InChI=1S/C22H32N4O3/c1-17-4-5-19-18(14-17)21(28)26(15-20(27)25-12-10-24(3)11-13-25)16-22(29-19)6-8-23(2)9-7-22/h4-5,14H,6-13,15-16H2,1-3H3. The van der Waals surface area contributed by atoms with E-state index in [1.54, 1.807) is 4.90 Å². The Labute approximate surface area is 173 Å². The molecule has 0 saturated carbocycles. The minimum Gasteiger partial charge on any atom is -0.484 e. The van der Waals surface area contributed by atoms with Crippen molar-refractivity contribution in [2.24, 2.45) is 0 Å². The van der Waals surface area contributed by atoms with Crippen molar-refractivity contribution in [3.05, 3.63) is 29.3 Å². The number of benzene rings is 1. The van der Waals surface area contributed by atoms with Crippen LogP contribution in [0, 0.1) is 6.92 Å². The van der Waals surface area contributed by atoms with Crippen LogP contribution in [0.4, 0.5) is 0 Å². The number of piperidine rings is 1. The first-order valence-electron chi connectivity index (χ1n) is 10.6. The normalized spacial score (nSPS) is 22.9. The van der Waals surface area contributed by atoms with Crippen LogP contribution in [0.15, 0.2) is 18.2 Å². The zero-order chi connectivity index (χ0) is 20.6. The van der Waals surface area contributed by atoms with E-state index in [1.165, 1.54) is 0 Å². The van der Waals surface area contributed by atoms with Gasteiger partial charge in [0.1, 0.15) is 17.9 Å². The molecule has 2 amide bonds. The average Bonchev–Trinajstić information content (AvgIpc) is 2.81. The van der Waals surface area contributed by atoms with Gasteiger partial charge in [-0.25, -0.2) is 0 Å². The Balaban J connectivity index is 1.59. The molecule has 29 heavy (non-hydrogen) atoms. The summed E-state index contributed by atoms with van der Waals surface area (Å²) >= 11 is 0. The van der Waals surface area contributed by atoms with E-state index in [-0.39, 0.29) is 18.4 Å². The fourth-order valence-electron chi connectivity index (χ4n) is 4.49. The number of likely N-dealkylation sites (N-methyl/N-ethyl adjacent to an activating group) is 1. The van der Waals surface area contributed by atoms with Gasteiger partial charge in [-0.15, -0.1) is 0 Å². The first-order chi connectivity index (χ1) is 13.8. The number of amides is 2. The van der Waals surface area contributed by atoms with E-state index >= 15 is 0 Å². The van der Waals surface area contributed by atoms with Gasteiger partial charge in [0.05, 0.1) is 12.1 Å². The molecule has 7 heteroatoms. The number of rotatable bonds is 2. The monoisotopic (exact) mass is 400 g/mol. The first-order valence-corrected chi connectivity index (χ1v) is 10.6. The summed E-state index contributed by atoms with van der Waals surface area (Å²) in [6.45, 7) is 7.61. The van der Waals surface area contributed by atoms with Crippen LogP contribution in [-0.2, 0) is 4.79 Å². The van der Waals surface area contributed by atoms with Gasteiger partial charge in [-0.2, -0.15) is 0 Å². The van der Waals surface area contributed by atoms with E-state index in [0.29, 0.717) is 17.9 Å². The zero-order valence-electron chi connectivity index (χ0n) is 17.8. The molecule has 7 nitrogen and oxygen atoms in total. The minimum absolute atomic E-state index is 0.0330. The quantitative estimate of drug-likeness (QED) is 0.743. The smallest absolute Gasteiger partial charge is 0.258 e. The Kier molecular flexibility index (Phi) is 5.53. The van der Waals surface area contributed by atoms with E-state index in [0.717, 1.165) is 57.7 Å². The Hall–Kier alpha value is -2.12. The average molecular weight is 401 g/mol. The number of likely N-dealkylation sites (tertiary alicyclic amines) is 1. The highest BCUT2D eigenvalue weighted by molar-refractivity contribution is 5.99. The Morgan fingerprint density at radius 2 is 1.69 bits per heavy atom. The van der Waals surface area contributed by atoms with E-state index in [9.17, 15) is 9.59 Å². The molecule has 2 fully saturated rings. The van der Waals surface area contributed by atoms with Gasteiger partial charge in [-0.1, -0.05) is 11.6 Å². The van der Waals surface area contributed by atoms with Crippen LogP contribution in [0.3, 0.4) is 0 Å². The molecule has 0 bridgehead atoms. The Morgan fingerprint density at radius 3 is 2.38 bits per heavy atom. The predicted molar refractivity (Wildman–Crippen MR) is 111 cm³/mol. The SMILES string of the molecule is Cc1ccc2c(c1)C(=O)N(CC(=O)N1CCN(C)CC1)CC1(CCN(C)CC1)O2. The predicted octanol–water partition coefficient (Wildman–Crippen LogP) is 1.07. The molecular formula is C22H32N4O3. The van der Waals surface area contributed by atoms with Crippen molar-refractivity contribution >= 4 is 11.8 Å². The largest absolute Gasteiger partial charge is 0.484 e. The van der Waals surface area contributed by atoms with Gasteiger partial charge in [-0.3, -0.25) is 9.59 Å². The van der Waals surface area contributed by atoms with E-state index < -0.39 is 5.60 Å². The van der Waals surface area contributed by atoms with Crippen LogP contribution in [0.1, 0.15) is 28.8 Å². The van der Waals surface area contributed by atoms with Gasteiger partial charge in [0.2, 0.25) is 5.91 Å². The van der Waals surface area contributed by atoms with E-state index in [2.05, 4.69) is 23.9 Å². The lowest BCUT2D eigenvalue weighted by atomic mass is 9.90. The third-order valence-electron chi connectivity index (χ3n) is 6.54. The summed E-state index contributed by atoms with van der Waals surface area (Å²) in [7, 11) is 4.18. The van der Waals surface area contributed by atoms with Gasteiger partial charge in [-0.05, 0) is 33.2 Å². The summed E-state index contributed by atoms with van der Waals surface area (Å²) < 4.78 is 6.51. The van der Waals surface area contributed by atoms with Crippen molar-refractivity contribution in [2.45, 2.75) is 25.4 Å². The summed E-state index contributed by atoms with van der Waals surface area (Å²) in [6, 6.07) is 5.78. The Morgan fingerprint density at radius 1 is 1.03 bits per heavy atom. The van der Waals surface area contributed by atoms with E-state index in [4.69, 9.17) is 4.74 Å². The fourth-order valence-corrected chi connectivity index (χ4v) is 4.49. The summed E-state index contributed by atoms with van der Waals surface area (Å²) in [5.41, 5.74) is 1.17. The molecule has 4 rings (SSSR count). The van der Waals surface area contributed by atoms with Gasteiger partial charge < -0.3 is 24.3 Å². The fraction of sp³-hybridized carbons (Fsp3) is 0.636. The van der Waals surface area contributed by atoms with Crippen LogP contribution in [0.25, 0.3) is 0 Å². The van der Waals surface area contributed by atoms with Crippen LogP contribution in [-0.4, -0.2) is 103 Å². The zero-order valence-corrected chi connectivity index (χ0v) is 17.8. The van der Waals surface area contributed by atoms with Crippen molar-refractivity contribution in [1.29, 1.82) is 0 Å². The van der Waals surface area contributed by atoms with Crippen LogP contribution in [0.5, 0.6) is 5.75 Å². The first kappa shape index (κ1) is 20.2. The molecule has 0 N–H and O–H groups in total. The lowest BCUT2D eigenvalue weighted by Crippen LogP contribution is -2.56. The number of fused-ring (bicyclic) bond motifs is 1. The van der Waals surface area contributed by atoms with Gasteiger partial charge in [0, 0.05) is 52.1 Å². The lowest BCUT2D eigenvalue weighted by Gasteiger charge is -2.42. The van der Waals surface area contributed by atoms with Crippen molar-refractivity contribution in [3.63, 3.8) is 0 Å². The molecule has 3 aliphatic rings. The number of aryl methyl sites for hydroxylation is 1. The number of hydrogen-bond donors (Lipinski definition) is 0. The summed E-state index contributed by atoms with van der Waals surface area (Å²) in [5, 5.41) is 0. The molecule has 2 saturated heterocycles. The highest BCUT2D eigenvalue weighted by Crippen LogP contribution is 2.35. The maximum absolute atomic E-state index is 13.4. The number of carbonyl (C=O) groups is 2. The summed E-state index contributed by atoms with van der Waals surface area (Å²) in [6.07, 6.45) is 1.70. The molecule has 3 heterocycles. The molecule has 0 atom stereocenters. The minimum atomic E-state index is -0.426. The molecule has 1 aromatic rings. The number of hydrogen-bond acceptors (Lipinski definition) is 5. The Bertz CT molecular complexity index is 780. The van der Waals surface area contributed by atoms with Crippen LogP contribution in [0.2, 0.25) is 0 Å². The second kappa shape index (κ2) is 7.95. The van der Waals surface area contributed by atoms with Gasteiger partial charge >= 0.3 is 0 Å². The van der Waals surface area contributed by atoms with Crippen molar-refractivity contribution < 1.29 is 14.3 Å². The summed E-state index contributed by atoms with van der Waals surface area (Å²) in [4.78, 5) is 34.5. The van der Waals surface area contributed by atoms with Crippen molar-refractivity contribution in [3.8, 4) is 5.75 Å². The van der Waals surface area contributed by atoms with Crippen molar-refractivity contribution in [1.82, 2.24) is 19.6 Å². The second-order valence-electron chi connectivity index (χ2n) is 8.93. The molecule has 0 radical (unpaired) electrons. The molecule has 0 aromatic heterocycles. The highest BCUT2D eigenvalue weighted by Gasteiger charge is 2.43. The maximum Gasteiger partial charge on any atom is 0.258 e. The molecule has 3 aliphatic heterocycles. The third kappa shape index (κ3) is 4.26. The van der Waals surface area contributed by atoms with Gasteiger partial charge in [0.25, 0.3) is 5.91 Å². The number of ether oxygens (including phenoxy) is 1. The van der Waals surface area contributed by atoms with Crippen LogP contribution < -0.4 is 4.74 Å². The van der Waals surface area contributed by atoms with Crippen molar-refractivity contribution in [2.75, 3.05) is 66.5 Å². The highest BCUT2D eigenvalue weighted by atomic mass is 16.5. The van der Waals surface area contributed by atoms with Crippen LogP contribution >= 0.6 is 0 Å². The molecular weight excluding hydrogens is 368 g/mol. The number of nitrogens with zero attached hydrogens (tertiary/aromatic N) is 4. The lowest BCUT2D eigenvalue weighted by molar-refractivity contribution is -0.134. The second-order valence-corrected chi connectivity index (χ2v) is 8.93. The number of piperazine rings is 1. The molecule has 1 spiro atoms. The third-order valence-corrected chi connectivity index (χ3v) is 6.54. The molecule has 0 unspecified atom stereocenters. The molecule has 1 aromatic carbocycles.